The molecule has 7 heteroatoms. The highest BCUT2D eigenvalue weighted by Gasteiger charge is 2.12. The second-order valence-corrected chi connectivity index (χ2v) is 8.60. The zero-order chi connectivity index (χ0) is 23.2. The SMILES string of the molecule is O=C(O)Cc1ccc(OCC=C(c2ccc(F)cc2)c2cnc(-c3ccccc3)s2)c(Cl)c1. The fourth-order valence-corrected chi connectivity index (χ4v) is 4.51. The number of benzene rings is 3. The molecule has 0 saturated heterocycles. The monoisotopic (exact) mass is 479 g/mol. The molecule has 4 rings (SSSR count). The van der Waals surface area contributed by atoms with Gasteiger partial charge in [-0.15, -0.1) is 11.3 Å². The maximum atomic E-state index is 13.5. The summed E-state index contributed by atoms with van der Waals surface area (Å²) in [6.07, 6.45) is 3.59. The van der Waals surface area contributed by atoms with E-state index in [4.69, 9.17) is 21.4 Å². The molecule has 0 bridgehead atoms. The number of halogens is 2. The topological polar surface area (TPSA) is 59.4 Å². The summed E-state index contributed by atoms with van der Waals surface area (Å²) in [5.74, 6) is -0.780. The fraction of sp³-hybridized carbons (Fsp3) is 0.0769. The van der Waals surface area contributed by atoms with Crippen molar-refractivity contribution in [2.75, 3.05) is 6.61 Å². The summed E-state index contributed by atoms with van der Waals surface area (Å²) < 4.78 is 19.3. The Hall–Kier alpha value is -3.48. The molecule has 33 heavy (non-hydrogen) atoms. The first-order chi connectivity index (χ1) is 16.0. The van der Waals surface area contributed by atoms with Gasteiger partial charge in [-0.25, -0.2) is 9.37 Å². The first-order valence-corrected chi connectivity index (χ1v) is 11.3. The Morgan fingerprint density at radius 3 is 2.55 bits per heavy atom. The Morgan fingerprint density at radius 2 is 1.85 bits per heavy atom. The van der Waals surface area contributed by atoms with E-state index in [1.54, 1.807) is 36.5 Å². The summed E-state index contributed by atoms with van der Waals surface area (Å²) in [6.45, 7) is 0.212. The number of aliphatic carboxylic acids is 1. The van der Waals surface area contributed by atoms with E-state index in [2.05, 4.69) is 4.98 Å². The van der Waals surface area contributed by atoms with E-state index >= 15 is 0 Å². The van der Waals surface area contributed by atoms with Gasteiger partial charge in [-0.05, 0) is 47.0 Å². The number of rotatable bonds is 8. The lowest BCUT2D eigenvalue weighted by Gasteiger charge is -2.09. The van der Waals surface area contributed by atoms with Crippen LogP contribution in [0.3, 0.4) is 0 Å². The van der Waals surface area contributed by atoms with Crippen LogP contribution in [0.5, 0.6) is 5.75 Å². The summed E-state index contributed by atoms with van der Waals surface area (Å²) >= 11 is 7.80. The molecule has 0 fully saturated rings. The molecular formula is C26H19ClFNO3S. The smallest absolute Gasteiger partial charge is 0.307 e. The minimum atomic E-state index is -0.925. The Balaban J connectivity index is 1.59. The normalized spacial score (nSPS) is 11.4. The second kappa shape index (κ2) is 10.4. The number of hydrogen-bond donors (Lipinski definition) is 1. The molecule has 4 aromatic rings. The molecular weight excluding hydrogens is 461 g/mol. The summed E-state index contributed by atoms with van der Waals surface area (Å²) in [6, 6.07) is 21.1. The number of carboxylic acid groups (broad SMARTS) is 1. The van der Waals surface area contributed by atoms with Crippen LogP contribution in [0.25, 0.3) is 16.1 Å². The number of aromatic nitrogens is 1. The first kappa shape index (κ1) is 22.7. The second-order valence-electron chi connectivity index (χ2n) is 7.17. The molecule has 0 amide bonds. The third-order valence-electron chi connectivity index (χ3n) is 4.83. The van der Waals surface area contributed by atoms with Crippen molar-refractivity contribution in [3.8, 4) is 16.3 Å². The van der Waals surface area contributed by atoms with Crippen LogP contribution in [0.1, 0.15) is 16.0 Å². The van der Waals surface area contributed by atoms with Gasteiger partial charge in [-0.2, -0.15) is 0 Å². The van der Waals surface area contributed by atoms with Crippen molar-refractivity contribution in [1.29, 1.82) is 0 Å². The van der Waals surface area contributed by atoms with Gasteiger partial charge in [-0.3, -0.25) is 4.79 Å². The zero-order valence-electron chi connectivity index (χ0n) is 17.4. The van der Waals surface area contributed by atoms with Gasteiger partial charge in [0, 0.05) is 11.8 Å². The Bertz CT molecular complexity index is 1290. The predicted octanol–water partition coefficient (Wildman–Crippen LogP) is 6.74. The highest BCUT2D eigenvalue weighted by Crippen LogP contribution is 2.33. The number of ether oxygens (including phenoxy) is 1. The summed E-state index contributed by atoms with van der Waals surface area (Å²) in [4.78, 5) is 16.4. The summed E-state index contributed by atoms with van der Waals surface area (Å²) in [7, 11) is 0. The lowest BCUT2D eigenvalue weighted by Crippen LogP contribution is -2.01. The van der Waals surface area contributed by atoms with E-state index in [-0.39, 0.29) is 18.8 Å². The van der Waals surface area contributed by atoms with Gasteiger partial charge in [0.2, 0.25) is 0 Å². The maximum absolute atomic E-state index is 13.5. The van der Waals surface area contributed by atoms with Crippen molar-refractivity contribution >= 4 is 34.5 Å². The third-order valence-corrected chi connectivity index (χ3v) is 6.20. The van der Waals surface area contributed by atoms with Gasteiger partial charge in [0.05, 0.1) is 16.3 Å². The van der Waals surface area contributed by atoms with Crippen molar-refractivity contribution < 1.29 is 19.0 Å². The Morgan fingerprint density at radius 1 is 1.09 bits per heavy atom. The van der Waals surface area contributed by atoms with Crippen LogP contribution in [0.15, 0.2) is 85.1 Å². The standard InChI is InChI=1S/C26H19ClFNO3S/c27-22-14-17(15-25(30)31)6-11-23(22)32-13-12-21(18-7-9-20(28)10-8-18)24-16-29-26(33-24)19-4-2-1-3-5-19/h1-12,14,16H,13,15H2,(H,30,31). The van der Waals surface area contributed by atoms with Gasteiger partial charge < -0.3 is 9.84 Å². The van der Waals surface area contributed by atoms with Crippen LogP contribution in [0.2, 0.25) is 5.02 Å². The van der Waals surface area contributed by atoms with Crippen LogP contribution in [0, 0.1) is 5.82 Å². The molecule has 1 N–H and O–H groups in total. The number of thiazole rings is 1. The summed E-state index contributed by atoms with van der Waals surface area (Å²) in [5.41, 5.74) is 3.33. The van der Waals surface area contributed by atoms with Crippen LogP contribution >= 0.6 is 22.9 Å². The lowest BCUT2D eigenvalue weighted by molar-refractivity contribution is -0.136. The van der Waals surface area contributed by atoms with E-state index < -0.39 is 5.97 Å². The van der Waals surface area contributed by atoms with Crippen molar-refractivity contribution in [2.45, 2.75) is 6.42 Å². The maximum Gasteiger partial charge on any atom is 0.307 e. The Labute approximate surface area is 199 Å². The molecule has 0 spiro atoms. The molecule has 0 aliphatic carbocycles. The molecule has 0 saturated carbocycles. The van der Waals surface area contributed by atoms with Gasteiger partial charge in [0.15, 0.2) is 0 Å². The molecule has 3 aromatic carbocycles. The fourth-order valence-electron chi connectivity index (χ4n) is 3.26. The van der Waals surface area contributed by atoms with Crippen LogP contribution in [-0.4, -0.2) is 22.7 Å². The average Bonchev–Trinajstić information content (AvgIpc) is 3.29. The third kappa shape index (κ3) is 5.86. The molecule has 4 nitrogen and oxygen atoms in total. The Kier molecular flexibility index (Phi) is 7.17. The minimum absolute atomic E-state index is 0.107. The first-order valence-electron chi connectivity index (χ1n) is 10.1. The molecule has 0 unspecified atom stereocenters. The van der Waals surface area contributed by atoms with Crippen molar-refractivity contribution in [1.82, 2.24) is 4.98 Å². The lowest BCUT2D eigenvalue weighted by atomic mass is 10.0. The molecule has 0 aliphatic rings. The van der Waals surface area contributed by atoms with Crippen LogP contribution < -0.4 is 4.74 Å². The van der Waals surface area contributed by atoms with Crippen LogP contribution in [0.4, 0.5) is 4.39 Å². The molecule has 0 aliphatic heterocycles. The van der Waals surface area contributed by atoms with Crippen molar-refractivity contribution in [3.63, 3.8) is 0 Å². The van der Waals surface area contributed by atoms with E-state index in [1.807, 2.05) is 36.4 Å². The average molecular weight is 480 g/mol. The predicted molar refractivity (Wildman–Crippen MR) is 129 cm³/mol. The molecule has 0 radical (unpaired) electrons. The number of carbonyl (C=O) groups is 1. The van der Waals surface area contributed by atoms with E-state index in [9.17, 15) is 9.18 Å². The van der Waals surface area contributed by atoms with E-state index in [0.29, 0.717) is 16.3 Å². The van der Waals surface area contributed by atoms with Gasteiger partial charge >= 0.3 is 5.97 Å². The highest BCUT2D eigenvalue weighted by molar-refractivity contribution is 7.16. The number of hydrogen-bond acceptors (Lipinski definition) is 4. The minimum Gasteiger partial charge on any atom is -0.488 e. The van der Waals surface area contributed by atoms with E-state index in [1.165, 1.54) is 23.5 Å². The molecule has 1 heterocycles. The van der Waals surface area contributed by atoms with Gasteiger partial charge in [0.25, 0.3) is 0 Å². The van der Waals surface area contributed by atoms with Crippen LogP contribution in [-0.2, 0) is 11.2 Å². The number of carboxylic acids is 1. The molecule has 166 valence electrons. The van der Waals surface area contributed by atoms with Gasteiger partial charge in [-0.1, -0.05) is 60.1 Å². The zero-order valence-corrected chi connectivity index (χ0v) is 18.9. The van der Waals surface area contributed by atoms with E-state index in [0.717, 1.165) is 26.6 Å². The summed E-state index contributed by atoms with van der Waals surface area (Å²) in [5, 5.41) is 10.2. The quantitative estimate of drug-likeness (QED) is 0.304. The van der Waals surface area contributed by atoms with Crippen molar-refractivity contribution in [3.05, 3.63) is 112 Å². The highest BCUT2D eigenvalue weighted by atomic mass is 35.5. The van der Waals surface area contributed by atoms with Crippen molar-refractivity contribution in [2.24, 2.45) is 0 Å². The largest absolute Gasteiger partial charge is 0.488 e. The molecule has 0 atom stereocenters. The van der Waals surface area contributed by atoms with Gasteiger partial charge in [0.1, 0.15) is 23.2 Å². The number of nitrogens with zero attached hydrogens (tertiary/aromatic N) is 1. The molecule has 1 aromatic heterocycles.